The highest BCUT2D eigenvalue weighted by Crippen LogP contribution is 2.51. The lowest BCUT2D eigenvalue weighted by Gasteiger charge is -2.45. The summed E-state index contributed by atoms with van der Waals surface area (Å²) in [5.41, 5.74) is 5.37. The maximum Gasteiger partial charge on any atom is 0.573 e. The van der Waals surface area contributed by atoms with Gasteiger partial charge in [0.1, 0.15) is 22.1 Å². The monoisotopic (exact) mass is 407 g/mol. The van der Waals surface area contributed by atoms with Crippen LogP contribution < -0.4 is 10.5 Å². The molecule has 27 heavy (non-hydrogen) atoms. The zero-order chi connectivity index (χ0) is 20.0. The Morgan fingerprint density at radius 3 is 2.15 bits per heavy atom. The summed E-state index contributed by atoms with van der Waals surface area (Å²) in [5, 5.41) is 0. The van der Waals surface area contributed by atoms with Crippen LogP contribution in [0.2, 0.25) is 0 Å². The van der Waals surface area contributed by atoms with Crippen LogP contribution in [-0.2, 0) is 14.6 Å². The van der Waals surface area contributed by atoms with Gasteiger partial charge in [0.05, 0.1) is 4.90 Å². The minimum absolute atomic E-state index is 0.142. The van der Waals surface area contributed by atoms with E-state index in [2.05, 4.69) is 4.74 Å². The van der Waals surface area contributed by atoms with Crippen LogP contribution in [0.5, 0.6) is 5.75 Å². The number of halogens is 5. The first-order valence-electron chi connectivity index (χ1n) is 7.76. The first-order valence-corrected chi connectivity index (χ1v) is 9.24. The highest BCUT2D eigenvalue weighted by molar-refractivity contribution is 7.92. The second-order valence-electron chi connectivity index (χ2n) is 6.31. The van der Waals surface area contributed by atoms with Crippen molar-refractivity contribution in [1.82, 2.24) is 0 Å². The molecular weight excluding hydrogens is 393 g/mol. The maximum atomic E-state index is 14.3. The fourth-order valence-corrected chi connectivity index (χ4v) is 5.52. The molecule has 0 unspecified atom stereocenters. The molecule has 1 fully saturated rings. The minimum atomic E-state index is -4.92. The Hall–Kier alpha value is -2.20. The Labute approximate surface area is 151 Å². The van der Waals surface area contributed by atoms with Crippen LogP contribution in [0.4, 0.5) is 22.0 Å². The molecule has 0 amide bonds. The molecule has 0 radical (unpaired) electrons. The predicted molar refractivity (Wildman–Crippen MR) is 85.6 cm³/mol. The van der Waals surface area contributed by atoms with Gasteiger partial charge in [-0.15, -0.1) is 13.2 Å². The first-order chi connectivity index (χ1) is 12.4. The van der Waals surface area contributed by atoms with Gasteiger partial charge in [0.25, 0.3) is 0 Å². The van der Waals surface area contributed by atoms with E-state index in [1.807, 2.05) is 0 Å². The molecule has 0 heterocycles. The molecule has 146 valence electrons. The van der Waals surface area contributed by atoms with Gasteiger partial charge in [-0.05, 0) is 55.3 Å². The third kappa shape index (κ3) is 3.51. The van der Waals surface area contributed by atoms with E-state index in [0.29, 0.717) is 0 Å². The fourth-order valence-electron chi connectivity index (χ4n) is 3.26. The van der Waals surface area contributed by atoms with Gasteiger partial charge in [0, 0.05) is 11.6 Å². The van der Waals surface area contributed by atoms with Crippen molar-refractivity contribution >= 4 is 9.84 Å². The molecule has 2 N–H and O–H groups in total. The van der Waals surface area contributed by atoms with Crippen molar-refractivity contribution in [3.63, 3.8) is 0 Å². The van der Waals surface area contributed by atoms with Crippen LogP contribution in [0.15, 0.2) is 47.4 Å². The van der Waals surface area contributed by atoms with Crippen molar-refractivity contribution in [3.8, 4) is 5.75 Å². The zero-order valence-electron chi connectivity index (χ0n) is 13.6. The molecule has 1 saturated carbocycles. The molecule has 0 atom stereocenters. The summed E-state index contributed by atoms with van der Waals surface area (Å²) in [6, 6.07) is 5.50. The van der Waals surface area contributed by atoms with Gasteiger partial charge in [0.15, 0.2) is 9.84 Å². The zero-order valence-corrected chi connectivity index (χ0v) is 14.4. The number of alkyl halides is 3. The Bertz CT molecular complexity index is 952. The van der Waals surface area contributed by atoms with Gasteiger partial charge >= 0.3 is 6.36 Å². The lowest BCUT2D eigenvalue weighted by Crippen LogP contribution is -2.54. The summed E-state index contributed by atoms with van der Waals surface area (Å²) in [7, 11) is -4.27. The average Bonchev–Trinajstić information content (AvgIpc) is 2.53. The molecule has 0 aliphatic heterocycles. The number of benzene rings is 2. The number of nitrogens with two attached hydrogens (primary N) is 1. The minimum Gasteiger partial charge on any atom is -0.406 e. The van der Waals surface area contributed by atoms with E-state index >= 15 is 0 Å². The highest BCUT2D eigenvalue weighted by atomic mass is 32.2. The lowest BCUT2D eigenvalue weighted by atomic mass is 9.75. The quantitative estimate of drug-likeness (QED) is 0.786. The van der Waals surface area contributed by atoms with Crippen LogP contribution in [0.25, 0.3) is 0 Å². The first kappa shape index (κ1) is 19.6. The van der Waals surface area contributed by atoms with E-state index in [4.69, 9.17) is 5.73 Å². The third-order valence-corrected chi connectivity index (χ3v) is 6.96. The van der Waals surface area contributed by atoms with E-state index in [1.165, 1.54) is 0 Å². The molecular formula is C17H14F5NO3S. The maximum absolute atomic E-state index is 14.3. The third-order valence-electron chi connectivity index (χ3n) is 4.49. The SMILES string of the molecule is N[C@H]1C[C@](c2cc(F)ccc2F)(S(=O)(=O)c2ccc(OC(F)(F)F)cc2)C1. The van der Waals surface area contributed by atoms with Crippen molar-refractivity contribution in [2.45, 2.75) is 34.9 Å². The average molecular weight is 407 g/mol. The van der Waals surface area contributed by atoms with Crippen LogP contribution >= 0.6 is 0 Å². The summed E-state index contributed by atoms with van der Waals surface area (Å²) < 4.78 is 92.8. The molecule has 1 aliphatic carbocycles. The number of sulfone groups is 1. The topological polar surface area (TPSA) is 69.4 Å². The largest absolute Gasteiger partial charge is 0.573 e. The van der Waals surface area contributed by atoms with Gasteiger partial charge in [-0.1, -0.05) is 0 Å². The van der Waals surface area contributed by atoms with E-state index in [9.17, 15) is 30.4 Å². The van der Waals surface area contributed by atoms with Gasteiger partial charge in [-0.3, -0.25) is 0 Å². The van der Waals surface area contributed by atoms with E-state index < -0.39 is 44.4 Å². The van der Waals surface area contributed by atoms with Crippen LogP contribution in [-0.4, -0.2) is 20.8 Å². The van der Waals surface area contributed by atoms with E-state index in [-0.39, 0.29) is 23.3 Å². The van der Waals surface area contributed by atoms with Gasteiger partial charge in [0.2, 0.25) is 0 Å². The molecule has 0 aromatic heterocycles. The number of ether oxygens (including phenoxy) is 1. The predicted octanol–water partition coefficient (Wildman–Crippen LogP) is 3.65. The van der Waals surface area contributed by atoms with E-state index in [1.54, 1.807) is 0 Å². The molecule has 0 saturated heterocycles. The normalized spacial score (nSPS) is 23.0. The van der Waals surface area contributed by atoms with Gasteiger partial charge < -0.3 is 10.5 Å². The second-order valence-corrected chi connectivity index (χ2v) is 8.57. The van der Waals surface area contributed by atoms with Crippen molar-refractivity contribution < 1.29 is 35.1 Å². The van der Waals surface area contributed by atoms with Crippen molar-refractivity contribution in [2.75, 3.05) is 0 Å². The fraction of sp³-hybridized carbons (Fsp3) is 0.294. The number of rotatable bonds is 4. The van der Waals surface area contributed by atoms with Gasteiger partial charge in [-0.2, -0.15) is 0 Å². The Kier molecular flexibility index (Phi) is 4.67. The molecule has 2 aromatic rings. The summed E-state index contributed by atoms with van der Waals surface area (Å²) in [6.45, 7) is 0. The number of hydrogen-bond acceptors (Lipinski definition) is 4. The molecule has 4 nitrogen and oxygen atoms in total. The molecule has 0 bridgehead atoms. The molecule has 2 aromatic carbocycles. The molecule has 10 heteroatoms. The lowest BCUT2D eigenvalue weighted by molar-refractivity contribution is -0.274. The van der Waals surface area contributed by atoms with Crippen molar-refractivity contribution in [1.29, 1.82) is 0 Å². The van der Waals surface area contributed by atoms with Crippen LogP contribution in [0.3, 0.4) is 0 Å². The van der Waals surface area contributed by atoms with Crippen LogP contribution in [0.1, 0.15) is 18.4 Å². The standard InChI is InChI=1S/C17H14F5NO3S/c18-10-1-6-15(19)14(7-10)16(8-11(23)9-16)27(24,25)13-4-2-12(3-5-13)26-17(20,21)22/h1-7,11H,8-9,23H2/t11-,16-. The molecule has 0 spiro atoms. The molecule has 1 aliphatic rings. The summed E-state index contributed by atoms with van der Waals surface area (Å²) in [6.07, 6.45) is -5.21. The second kappa shape index (κ2) is 6.45. The van der Waals surface area contributed by atoms with Crippen molar-refractivity contribution in [3.05, 3.63) is 59.7 Å². The summed E-state index contributed by atoms with van der Waals surface area (Å²) in [5.74, 6) is -2.31. The van der Waals surface area contributed by atoms with Gasteiger partial charge in [-0.25, -0.2) is 17.2 Å². The van der Waals surface area contributed by atoms with Crippen molar-refractivity contribution in [2.24, 2.45) is 5.73 Å². The van der Waals surface area contributed by atoms with E-state index in [0.717, 1.165) is 42.5 Å². The molecule has 3 rings (SSSR count). The highest BCUT2D eigenvalue weighted by Gasteiger charge is 2.56. The Morgan fingerprint density at radius 1 is 1.04 bits per heavy atom. The number of hydrogen-bond donors (Lipinski definition) is 1. The Balaban J connectivity index is 2.04. The Morgan fingerprint density at radius 2 is 1.63 bits per heavy atom. The van der Waals surface area contributed by atoms with Crippen LogP contribution in [0, 0.1) is 11.6 Å². The summed E-state index contributed by atoms with van der Waals surface area (Å²) in [4.78, 5) is -0.340. The smallest absolute Gasteiger partial charge is 0.406 e. The summed E-state index contributed by atoms with van der Waals surface area (Å²) >= 11 is 0.